The van der Waals surface area contributed by atoms with Gasteiger partial charge < -0.3 is 14.7 Å². The van der Waals surface area contributed by atoms with Gasteiger partial charge in [0.05, 0.1) is 36.3 Å². The van der Waals surface area contributed by atoms with Crippen LogP contribution in [0.15, 0.2) is 59.1 Å². The molecule has 0 spiro atoms. The number of thioether (sulfide) groups is 1. The minimum Gasteiger partial charge on any atom is -0.504 e. The molecule has 0 bridgehead atoms. The number of phenols is 1. The Balaban J connectivity index is 1.68. The van der Waals surface area contributed by atoms with E-state index in [1.807, 2.05) is 30.3 Å². The maximum Gasteiger partial charge on any atom is 0.229 e. The fourth-order valence-corrected chi connectivity index (χ4v) is 4.73. The summed E-state index contributed by atoms with van der Waals surface area (Å²) in [7, 11) is 1.48. The molecule has 0 aliphatic carbocycles. The van der Waals surface area contributed by atoms with Crippen LogP contribution in [0.3, 0.4) is 0 Å². The molecule has 28 heavy (non-hydrogen) atoms. The molecule has 0 unspecified atom stereocenters. The number of nitriles is 1. The van der Waals surface area contributed by atoms with Gasteiger partial charge in [-0.1, -0.05) is 36.0 Å². The van der Waals surface area contributed by atoms with Crippen molar-refractivity contribution in [3.8, 4) is 17.6 Å². The molecule has 2 aromatic carbocycles. The van der Waals surface area contributed by atoms with Crippen LogP contribution >= 0.6 is 11.8 Å². The van der Waals surface area contributed by atoms with E-state index in [0.29, 0.717) is 23.9 Å². The SMILES string of the molecule is COc1cc([C@H]2CC(=O)N3CN(c4ccccc4)CSC3=C2C#N)ccc1O. The lowest BCUT2D eigenvalue weighted by molar-refractivity contribution is -0.129. The van der Waals surface area contributed by atoms with Gasteiger partial charge in [0.25, 0.3) is 0 Å². The van der Waals surface area contributed by atoms with Crippen molar-refractivity contribution < 1.29 is 14.6 Å². The molecule has 6 nitrogen and oxygen atoms in total. The van der Waals surface area contributed by atoms with Crippen LogP contribution < -0.4 is 9.64 Å². The van der Waals surface area contributed by atoms with E-state index in [0.717, 1.165) is 16.3 Å². The summed E-state index contributed by atoms with van der Waals surface area (Å²) in [5.41, 5.74) is 2.42. The third kappa shape index (κ3) is 3.16. The number of rotatable bonds is 3. The number of benzene rings is 2. The number of carbonyl (C=O) groups is 1. The van der Waals surface area contributed by atoms with Gasteiger partial charge in [0.15, 0.2) is 11.5 Å². The number of para-hydroxylation sites is 1. The lowest BCUT2D eigenvalue weighted by Gasteiger charge is -2.42. The van der Waals surface area contributed by atoms with E-state index in [2.05, 4.69) is 11.0 Å². The van der Waals surface area contributed by atoms with E-state index >= 15 is 0 Å². The van der Waals surface area contributed by atoms with Crippen molar-refractivity contribution in [2.75, 3.05) is 24.6 Å². The number of fused-ring (bicyclic) bond motifs is 1. The molecule has 1 fully saturated rings. The van der Waals surface area contributed by atoms with E-state index in [4.69, 9.17) is 4.74 Å². The Morgan fingerprint density at radius 2 is 2.04 bits per heavy atom. The predicted molar refractivity (Wildman–Crippen MR) is 108 cm³/mol. The summed E-state index contributed by atoms with van der Waals surface area (Å²) in [5, 5.41) is 20.4. The second-order valence-corrected chi connectivity index (χ2v) is 7.56. The van der Waals surface area contributed by atoms with Crippen molar-refractivity contribution in [3.05, 3.63) is 64.7 Å². The Labute approximate surface area is 167 Å². The van der Waals surface area contributed by atoms with E-state index in [1.54, 1.807) is 17.0 Å². The van der Waals surface area contributed by atoms with Crippen molar-refractivity contribution in [1.29, 1.82) is 5.26 Å². The first-order valence-corrected chi connectivity index (χ1v) is 9.85. The molecule has 142 valence electrons. The van der Waals surface area contributed by atoms with Crippen molar-refractivity contribution in [1.82, 2.24) is 4.90 Å². The standard InChI is InChI=1S/C21H19N3O3S/c1-27-19-9-14(7-8-18(19)25)16-10-20(26)24-12-23(15-5-3-2-4-6-15)13-28-21(24)17(16)11-22/h2-9,16,25H,10,12-13H2,1H3/t16-/m1/s1. The summed E-state index contributed by atoms with van der Waals surface area (Å²) in [4.78, 5) is 16.8. The summed E-state index contributed by atoms with van der Waals surface area (Å²) >= 11 is 1.51. The Morgan fingerprint density at radius 1 is 1.25 bits per heavy atom. The molecule has 0 radical (unpaired) electrons. The molecule has 1 saturated heterocycles. The number of nitrogens with zero attached hydrogens (tertiary/aromatic N) is 3. The summed E-state index contributed by atoms with van der Waals surface area (Å²) in [6.07, 6.45) is 0.212. The Morgan fingerprint density at radius 3 is 2.75 bits per heavy atom. The molecule has 2 heterocycles. The second kappa shape index (κ2) is 7.49. The predicted octanol–water partition coefficient (Wildman–Crippen LogP) is 3.62. The number of aromatic hydroxyl groups is 1. The first-order valence-electron chi connectivity index (χ1n) is 8.86. The average molecular weight is 393 g/mol. The number of hydrogen-bond donors (Lipinski definition) is 1. The molecule has 1 amide bonds. The van der Waals surface area contributed by atoms with Crippen LogP contribution in [0.25, 0.3) is 0 Å². The first kappa shape index (κ1) is 18.3. The van der Waals surface area contributed by atoms with Crippen molar-refractivity contribution in [2.24, 2.45) is 0 Å². The number of hydrogen-bond acceptors (Lipinski definition) is 6. The number of carbonyl (C=O) groups excluding carboxylic acids is 1. The summed E-state index contributed by atoms with van der Waals surface area (Å²) in [6.45, 7) is 0.433. The average Bonchev–Trinajstić information content (AvgIpc) is 2.74. The zero-order valence-electron chi connectivity index (χ0n) is 15.3. The van der Waals surface area contributed by atoms with Crippen molar-refractivity contribution in [3.63, 3.8) is 0 Å². The zero-order chi connectivity index (χ0) is 19.7. The highest BCUT2D eigenvalue weighted by Gasteiger charge is 2.38. The number of amides is 1. The van der Waals surface area contributed by atoms with Crippen LogP contribution in [0.5, 0.6) is 11.5 Å². The molecule has 4 rings (SSSR count). The summed E-state index contributed by atoms with van der Waals surface area (Å²) in [5.74, 6) is 0.682. The van der Waals surface area contributed by atoms with Crippen molar-refractivity contribution >= 4 is 23.4 Å². The minimum atomic E-state index is -0.339. The van der Waals surface area contributed by atoms with Crippen LogP contribution in [0.1, 0.15) is 17.9 Å². The lowest BCUT2D eigenvalue weighted by Crippen LogP contribution is -2.47. The molecule has 0 saturated carbocycles. The molecule has 2 aliphatic heterocycles. The number of ether oxygens (including phenoxy) is 1. The Hall–Kier alpha value is -3.11. The van der Waals surface area contributed by atoms with Crippen LogP contribution in [0.2, 0.25) is 0 Å². The van der Waals surface area contributed by atoms with Crippen LogP contribution in [0.4, 0.5) is 5.69 Å². The normalized spacial score (nSPS) is 19.3. The van der Waals surface area contributed by atoms with E-state index in [-0.39, 0.29) is 24.0 Å². The highest BCUT2D eigenvalue weighted by atomic mass is 32.2. The number of allylic oxidation sites excluding steroid dienone is 1. The van der Waals surface area contributed by atoms with Gasteiger partial charge in [0, 0.05) is 18.0 Å². The van der Waals surface area contributed by atoms with Gasteiger partial charge >= 0.3 is 0 Å². The van der Waals surface area contributed by atoms with Gasteiger partial charge in [0.1, 0.15) is 0 Å². The zero-order valence-corrected chi connectivity index (χ0v) is 16.1. The minimum absolute atomic E-state index is 0.0147. The highest BCUT2D eigenvalue weighted by molar-refractivity contribution is 8.03. The molecule has 7 heteroatoms. The highest BCUT2D eigenvalue weighted by Crippen LogP contribution is 2.44. The number of phenolic OH excluding ortho intramolecular Hbond substituents is 1. The van der Waals surface area contributed by atoms with E-state index in [9.17, 15) is 15.2 Å². The van der Waals surface area contributed by atoms with E-state index < -0.39 is 0 Å². The van der Waals surface area contributed by atoms with E-state index in [1.165, 1.54) is 24.9 Å². The molecule has 1 N–H and O–H groups in total. The topological polar surface area (TPSA) is 76.8 Å². The molecule has 0 aromatic heterocycles. The Kier molecular flexibility index (Phi) is 4.88. The number of methoxy groups -OCH3 is 1. The van der Waals surface area contributed by atoms with Crippen LogP contribution in [-0.4, -0.2) is 35.6 Å². The number of anilines is 1. The fourth-order valence-electron chi connectivity index (χ4n) is 3.56. The fraction of sp³-hybridized carbons (Fsp3) is 0.238. The first-order chi connectivity index (χ1) is 13.6. The van der Waals surface area contributed by atoms with Gasteiger partial charge in [-0.3, -0.25) is 9.69 Å². The monoisotopic (exact) mass is 393 g/mol. The molecule has 2 aromatic rings. The maximum atomic E-state index is 12.9. The van der Waals surface area contributed by atoms with Gasteiger partial charge in [-0.25, -0.2) is 0 Å². The quantitative estimate of drug-likeness (QED) is 0.858. The van der Waals surface area contributed by atoms with Gasteiger partial charge in [-0.15, -0.1) is 0 Å². The lowest BCUT2D eigenvalue weighted by atomic mass is 9.86. The smallest absolute Gasteiger partial charge is 0.229 e. The van der Waals surface area contributed by atoms with Gasteiger partial charge in [-0.2, -0.15) is 5.26 Å². The molecular weight excluding hydrogens is 374 g/mol. The second-order valence-electron chi connectivity index (χ2n) is 6.63. The maximum absolute atomic E-state index is 12.9. The molecule has 2 aliphatic rings. The summed E-state index contributed by atoms with van der Waals surface area (Å²) < 4.78 is 5.19. The molecular formula is C21H19N3O3S. The van der Waals surface area contributed by atoms with Gasteiger partial charge in [-0.05, 0) is 29.8 Å². The Bertz CT molecular complexity index is 984. The summed E-state index contributed by atoms with van der Waals surface area (Å²) in [6, 6.07) is 17.2. The van der Waals surface area contributed by atoms with Crippen LogP contribution in [0, 0.1) is 11.3 Å². The van der Waals surface area contributed by atoms with Gasteiger partial charge in [0.2, 0.25) is 5.91 Å². The third-order valence-electron chi connectivity index (χ3n) is 5.02. The van der Waals surface area contributed by atoms with Crippen LogP contribution in [-0.2, 0) is 4.79 Å². The third-order valence-corrected chi connectivity index (χ3v) is 6.18. The largest absolute Gasteiger partial charge is 0.504 e. The molecule has 1 atom stereocenters. The van der Waals surface area contributed by atoms with Crippen molar-refractivity contribution in [2.45, 2.75) is 12.3 Å².